The van der Waals surface area contributed by atoms with Crippen LogP contribution in [0.25, 0.3) is 0 Å². The normalized spacial score (nSPS) is 13.5. The standard InChI is InChI=1S/C18H21N3O3S/c1-13(22)21-11-10-14-12-17(8-9-18(14)21)25(23,24)19-15-4-6-16(7-5-15)20(2)3/h4-9,12,19H,10-11H2,1-3H3. The minimum atomic E-state index is -3.67. The van der Waals surface area contributed by atoms with E-state index >= 15 is 0 Å². The number of amides is 1. The zero-order valence-corrected chi connectivity index (χ0v) is 15.3. The van der Waals surface area contributed by atoms with E-state index in [0.717, 1.165) is 16.9 Å². The highest BCUT2D eigenvalue weighted by molar-refractivity contribution is 7.92. The van der Waals surface area contributed by atoms with E-state index in [1.807, 2.05) is 31.1 Å². The average molecular weight is 359 g/mol. The first-order valence-corrected chi connectivity index (χ1v) is 9.47. The lowest BCUT2D eigenvalue weighted by Crippen LogP contribution is -2.25. The second kappa shape index (κ2) is 6.40. The zero-order valence-electron chi connectivity index (χ0n) is 14.5. The minimum Gasteiger partial charge on any atom is -0.378 e. The van der Waals surface area contributed by atoms with Crippen LogP contribution in [0.1, 0.15) is 12.5 Å². The summed E-state index contributed by atoms with van der Waals surface area (Å²) in [5.74, 6) is -0.0338. The number of rotatable bonds is 4. The summed E-state index contributed by atoms with van der Waals surface area (Å²) in [6.45, 7) is 2.10. The van der Waals surface area contributed by atoms with Crippen LogP contribution < -0.4 is 14.5 Å². The second-order valence-electron chi connectivity index (χ2n) is 6.26. The number of benzene rings is 2. The van der Waals surface area contributed by atoms with Crippen molar-refractivity contribution in [2.24, 2.45) is 0 Å². The molecule has 0 bridgehead atoms. The summed E-state index contributed by atoms with van der Waals surface area (Å²) in [5.41, 5.74) is 3.17. The molecule has 1 aliphatic rings. The zero-order chi connectivity index (χ0) is 18.2. The van der Waals surface area contributed by atoms with E-state index in [-0.39, 0.29) is 10.8 Å². The van der Waals surface area contributed by atoms with Gasteiger partial charge in [-0.1, -0.05) is 0 Å². The number of hydrogen-bond donors (Lipinski definition) is 1. The lowest BCUT2D eigenvalue weighted by molar-refractivity contribution is -0.116. The molecule has 1 N–H and O–H groups in total. The average Bonchev–Trinajstić information content (AvgIpc) is 2.98. The minimum absolute atomic E-state index is 0.0338. The molecular weight excluding hydrogens is 338 g/mol. The summed E-state index contributed by atoms with van der Waals surface area (Å²) in [6, 6.07) is 12.1. The van der Waals surface area contributed by atoms with Crippen molar-refractivity contribution in [2.45, 2.75) is 18.2 Å². The summed E-state index contributed by atoms with van der Waals surface area (Å²) < 4.78 is 27.9. The molecule has 0 aliphatic carbocycles. The maximum absolute atomic E-state index is 12.6. The Morgan fingerprint density at radius 1 is 1.12 bits per heavy atom. The molecule has 25 heavy (non-hydrogen) atoms. The van der Waals surface area contributed by atoms with E-state index in [2.05, 4.69) is 4.72 Å². The van der Waals surface area contributed by atoms with Gasteiger partial charge in [0.25, 0.3) is 10.0 Å². The van der Waals surface area contributed by atoms with E-state index in [0.29, 0.717) is 18.7 Å². The molecule has 0 spiro atoms. The third-order valence-electron chi connectivity index (χ3n) is 4.27. The number of fused-ring (bicyclic) bond motifs is 1. The number of nitrogens with one attached hydrogen (secondary N) is 1. The summed E-state index contributed by atoms with van der Waals surface area (Å²) in [4.78, 5) is 15.4. The highest BCUT2D eigenvalue weighted by Gasteiger charge is 2.24. The van der Waals surface area contributed by atoms with Gasteiger partial charge in [0.2, 0.25) is 5.91 Å². The van der Waals surface area contributed by atoms with Crippen LogP contribution in [0.15, 0.2) is 47.4 Å². The molecule has 0 aromatic heterocycles. The van der Waals surface area contributed by atoms with Crippen LogP contribution in [0.5, 0.6) is 0 Å². The van der Waals surface area contributed by atoms with E-state index in [4.69, 9.17) is 0 Å². The van der Waals surface area contributed by atoms with Crippen LogP contribution in [0.4, 0.5) is 17.1 Å². The molecule has 0 radical (unpaired) electrons. The lowest BCUT2D eigenvalue weighted by atomic mass is 10.2. The third-order valence-corrected chi connectivity index (χ3v) is 5.65. The van der Waals surface area contributed by atoms with Gasteiger partial charge in [-0.05, 0) is 54.4 Å². The predicted molar refractivity (Wildman–Crippen MR) is 99.8 cm³/mol. The van der Waals surface area contributed by atoms with Crippen molar-refractivity contribution in [3.63, 3.8) is 0 Å². The van der Waals surface area contributed by atoms with Gasteiger partial charge in [-0.25, -0.2) is 8.42 Å². The molecular formula is C18H21N3O3S. The van der Waals surface area contributed by atoms with Crippen LogP contribution in [-0.2, 0) is 21.2 Å². The number of anilines is 3. The molecule has 132 valence electrons. The van der Waals surface area contributed by atoms with Gasteiger partial charge in [-0.3, -0.25) is 9.52 Å². The van der Waals surface area contributed by atoms with E-state index in [1.165, 1.54) is 13.0 Å². The quantitative estimate of drug-likeness (QED) is 0.910. The van der Waals surface area contributed by atoms with Gasteiger partial charge in [0.1, 0.15) is 0 Å². The van der Waals surface area contributed by atoms with Crippen LogP contribution in [0, 0.1) is 0 Å². The number of sulfonamides is 1. The maximum Gasteiger partial charge on any atom is 0.261 e. The molecule has 1 heterocycles. The third kappa shape index (κ3) is 3.46. The Hall–Kier alpha value is -2.54. The van der Waals surface area contributed by atoms with E-state index in [9.17, 15) is 13.2 Å². The van der Waals surface area contributed by atoms with Crippen molar-refractivity contribution >= 4 is 33.0 Å². The molecule has 2 aromatic rings. The first-order valence-electron chi connectivity index (χ1n) is 7.99. The van der Waals surface area contributed by atoms with E-state index < -0.39 is 10.0 Å². The van der Waals surface area contributed by atoms with Crippen LogP contribution in [0.3, 0.4) is 0 Å². The Morgan fingerprint density at radius 3 is 2.40 bits per heavy atom. The molecule has 0 saturated heterocycles. The highest BCUT2D eigenvalue weighted by atomic mass is 32.2. The molecule has 3 rings (SSSR count). The number of carbonyl (C=O) groups excluding carboxylic acids is 1. The molecule has 1 aliphatic heterocycles. The monoisotopic (exact) mass is 359 g/mol. The fourth-order valence-corrected chi connectivity index (χ4v) is 4.02. The molecule has 1 amide bonds. The Kier molecular flexibility index (Phi) is 4.43. The molecule has 7 heteroatoms. The smallest absolute Gasteiger partial charge is 0.261 e. The van der Waals surface area contributed by atoms with Gasteiger partial charge in [-0.2, -0.15) is 0 Å². The van der Waals surface area contributed by atoms with Crippen LogP contribution in [0.2, 0.25) is 0 Å². The van der Waals surface area contributed by atoms with Gasteiger partial charge < -0.3 is 9.80 Å². The van der Waals surface area contributed by atoms with Gasteiger partial charge in [0.15, 0.2) is 0 Å². The van der Waals surface area contributed by atoms with Gasteiger partial charge in [-0.15, -0.1) is 0 Å². The highest BCUT2D eigenvalue weighted by Crippen LogP contribution is 2.31. The summed E-state index contributed by atoms with van der Waals surface area (Å²) >= 11 is 0. The maximum atomic E-state index is 12.6. The van der Waals surface area contributed by atoms with Crippen molar-refractivity contribution in [1.29, 1.82) is 0 Å². The Balaban J connectivity index is 1.84. The van der Waals surface area contributed by atoms with Crippen molar-refractivity contribution in [3.8, 4) is 0 Å². The largest absolute Gasteiger partial charge is 0.378 e. The van der Waals surface area contributed by atoms with Crippen LogP contribution >= 0.6 is 0 Å². The van der Waals surface area contributed by atoms with Gasteiger partial charge in [0, 0.05) is 44.6 Å². The van der Waals surface area contributed by atoms with Gasteiger partial charge in [0.05, 0.1) is 4.90 Å². The fourth-order valence-electron chi connectivity index (χ4n) is 2.91. The molecule has 0 unspecified atom stereocenters. The van der Waals surface area contributed by atoms with Crippen molar-refractivity contribution < 1.29 is 13.2 Å². The Bertz CT molecular complexity index is 906. The number of nitrogens with zero attached hydrogens (tertiary/aromatic N) is 2. The van der Waals surface area contributed by atoms with Crippen molar-refractivity contribution in [2.75, 3.05) is 35.2 Å². The predicted octanol–water partition coefficient (Wildman–Crippen LogP) is 2.46. The number of hydrogen-bond acceptors (Lipinski definition) is 4. The summed E-state index contributed by atoms with van der Waals surface area (Å²) in [7, 11) is 0.177. The van der Waals surface area contributed by atoms with E-state index in [1.54, 1.807) is 29.2 Å². The molecule has 2 aromatic carbocycles. The summed E-state index contributed by atoms with van der Waals surface area (Å²) in [5, 5.41) is 0. The Morgan fingerprint density at radius 2 is 1.80 bits per heavy atom. The summed E-state index contributed by atoms with van der Waals surface area (Å²) in [6.07, 6.45) is 0.663. The molecule has 0 saturated carbocycles. The molecule has 0 atom stereocenters. The topological polar surface area (TPSA) is 69.7 Å². The Labute approximate surface area is 148 Å². The lowest BCUT2D eigenvalue weighted by Gasteiger charge is -2.15. The van der Waals surface area contributed by atoms with Crippen molar-refractivity contribution in [1.82, 2.24) is 0 Å². The SMILES string of the molecule is CC(=O)N1CCc2cc(S(=O)(=O)Nc3ccc(N(C)C)cc3)ccc21. The number of carbonyl (C=O) groups is 1. The first kappa shape index (κ1) is 17.3. The first-order chi connectivity index (χ1) is 11.8. The van der Waals surface area contributed by atoms with Crippen LogP contribution in [-0.4, -0.2) is 35.0 Å². The van der Waals surface area contributed by atoms with Crippen molar-refractivity contribution in [3.05, 3.63) is 48.0 Å². The fraction of sp³-hybridized carbons (Fsp3) is 0.278. The molecule has 0 fully saturated rings. The second-order valence-corrected chi connectivity index (χ2v) is 7.94. The van der Waals surface area contributed by atoms with Gasteiger partial charge >= 0.3 is 0 Å². The molecule has 6 nitrogen and oxygen atoms in total.